The molecule has 1 saturated heterocycles. The SMILES string of the molecule is O=C(O)c1cnn(C2CCN(C(=O)c3ccc4ccc(Cl)cc4n3)CC2)c1. The molecule has 27 heavy (non-hydrogen) atoms. The number of carbonyl (C=O) groups is 2. The predicted molar refractivity (Wildman–Crippen MR) is 100 cm³/mol. The average molecular weight is 385 g/mol. The van der Waals surface area contributed by atoms with Crippen LogP contribution >= 0.6 is 11.6 Å². The van der Waals surface area contributed by atoms with Crippen molar-refractivity contribution in [3.63, 3.8) is 0 Å². The lowest BCUT2D eigenvalue weighted by Crippen LogP contribution is -2.39. The van der Waals surface area contributed by atoms with Crippen LogP contribution in [0.2, 0.25) is 5.02 Å². The van der Waals surface area contributed by atoms with E-state index in [1.807, 2.05) is 12.1 Å². The van der Waals surface area contributed by atoms with Gasteiger partial charge in [0.2, 0.25) is 0 Å². The molecular formula is C19H17ClN4O3. The maximum absolute atomic E-state index is 12.8. The number of amides is 1. The van der Waals surface area contributed by atoms with Gasteiger partial charge >= 0.3 is 5.97 Å². The van der Waals surface area contributed by atoms with E-state index in [2.05, 4.69) is 10.1 Å². The number of rotatable bonds is 3. The summed E-state index contributed by atoms with van der Waals surface area (Å²) in [5.74, 6) is -1.10. The number of likely N-dealkylation sites (tertiary alicyclic amines) is 1. The zero-order chi connectivity index (χ0) is 19.0. The number of hydrogen-bond donors (Lipinski definition) is 1. The van der Waals surface area contributed by atoms with Gasteiger partial charge in [0.15, 0.2) is 0 Å². The molecule has 0 radical (unpaired) electrons. The highest BCUT2D eigenvalue weighted by atomic mass is 35.5. The Morgan fingerprint density at radius 2 is 1.89 bits per heavy atom. The lowest BCUT2D eigenvalue weighted by Gasteiger charge is -2.32. The Labute approximate surface area is 160 Å². The van der Waals surface area contributed by atoms with Crippen molar-refractivity contribution in [2.45, 2.75) is 18.9 Å². The summed E-state index contributed by atoms with van der Waals surface area (Å²) >= 11 is 6.01. The van der Waals surface area contributed by atoms with E-state index >= 15 is 0 Å². The van der Waals surface area contributed by atoms with Crippen LogP contribution in [0.4, 0.5) is 0 Å². The summed E-state index contributed by atoms with van der Waals surface area (Å²) in [6.45, 7) is 1.14. The van der Waals surface area contributed by atoms with Crippen molar-refractivity contribution in [3.8, 4) is 0 Å². The van der Waals surface area contributed by atoms with Crippen LogP contribution < -0.4 is 0 Å². The number of halogens is 1. The Balaban J connectivity index is 1.45. The molecule has 1 aliphatic heterocycles. The van der Waals surface area contributed by atoms with E-state index in [9.17, 15) is 9.59 Å². The van der Waals surface area contributed by atoms with Crippen molar-refractivity contribution < 1.29 is 14.7 Å². The molecule has 0 saturated carbocycles. The third-order valence-corrected chi connectivity index (χ3v) is 5.08. The fraction of sp³-hybridized carbons (Fsp3) is 0.263. The van der Waals surface area contributed by atoms with Crippen LogP contribution in [-0.4, -0.2) is 49.7 Å². The van der Waals surface area contributed by atoms with Crippen LogP contribution in [0.25, 0.3) is 10.9 Å². The Morgan fingerprint density at radius 1 is 1.15 bits per heavy atom. The van der Waals surface area contributed by atoms with Gasteiger partial charge in [-0.1, -0.05) is 23.7 Å². The Hall–Kier alpha value is -2.93. The van der Waals surface area contributed by atoms with Gasteiger partial charge in [0.05, 0.1) is 23.3 Å². The second-order valence-corrected chi connectivity index (χ2v) is 7.01. The molecule has 138 valence electrons. The highest BCUT2D eigenvalue weighted by Crippen LogP contribution is 2.24. The fourth-order valence-electron chi connectivity index (χ4n) is 3.35. The molecule has 3 aromatic rings. The number of benzene rings is 1. The van der Waals surface area contributed by atoms with Gasteiger partial charge in [-0.25, -0.2) is 9.78 Å². The number of piperidine rings is 1. The van der Waals surface area contributed by atoms with Crippen LogP contribution in [0.5, 0.6) is 0 Å². The van der Waals surface area contributed by atoms with Gasteiger partial charge in [-0.15, -0.1) is 0 Å². The van der Waals surface area contributed by atoms with E-state index in [1.54, 1.807) is 34.0 Å². The molecule has 0 atom stereocenters. The number of carbonyl (C=O) groups excluding carboxylic acids is 1. The Morgan fingerprint density at radius 3 is 2.59 bits per heavy atom. The number of hydrogen-bond acceptors (Lipinski definition) is 4. The molecule has 0 unspecified atom stereocenters. The van der Waals surface area contributed by atoms with E-state index in [4.69, 9.17) is 16.7 Å². The average Bonchev–Trinajstić information content (AvgIpc) is 3.17. The summed E-state index contributed by atoms with van der Waals surface area (Å²) in [4.78, 5) is 30.0. The van der Waals surface area contributed by atoms with Gasteiger partial charge in [-0.05, 0) is 31.0 Å². The van der Waals surface area contributed by atoms with E-state index in [1.165, 1.54) is 6.20 Å². The molecule has 1 aliphatic rings. The third-order valence-electron chi connectivity index (χ3n) is 4.85. The van der Waals surface area contributed by atoms with Gasteiger partial charge in [-0.2, -0.15) is 5.10 Å². The van der Waals surface area contributed by atoms with Crippen molar-refractivity contribution in [2.75, 3.05) is 13.1 Å². The number of fused-ring (bicyclic) bond motifs is 1. The van der Waals surface area contributed by atoms with Crippen LogP contribution in [-0.2, 0) is 0 Å². The molecule has 0 aliphatic carbocycles. The molecule has 0 spiro atoms. The molecule has 1 N–H and O–H groups in total. The highest BCUT2D eigenvalue weighted by molar-refractivity contribution is 6.31. The van der Waals surface area contributed by atoms with E-state index in [0.29, 0.717) is 42.2 Å². The van der Waals surface area contributed by atoms with Gasteiger partial charge in [0, 0.05) is 29.7 Å². The minimum absolute atomic E-state index is 0.0884. The quantitative estimate of drug-likeness (QED) is 0.748. The number of aromatic carboxylic acids is 1. The van der Waals surface area contributed by atoms with Crippen LogP contribution in [0.15, 0.2) is 42.7 Å². The zero-order valence-electron chi connectivity index (χ0n) is 14.4. The topological polar surface area (TPSA) is 88.3 Å². The molecule has 2 aromatic heterocycles. The van der Waals surface area contributed by atoms with Crippen LogP contribution in [0.1, 0.15) is 39.7 Å². The third kappa shape index (κ3) is 3.50. The standard InChI is InChI=1S/C19H17ClN4O3/c20-14-3-1-12-2-4-16(22-17(12)9-14)18(25)23-7-5-15(6-8-23)24-11-13(10-21-24)19(26)27/h1-4,9-11,15H,5-8H2,(H,26,27). The molecule has 1 amide bonds. The first-order chi connectivity index (χ1) is 13.0. The van der Waals surface area contributed by atoms with Gasteiger partial charge in [-0.3, -0.25) is 9.48 Å². The minimum Gasteiger partial charge on any atom is -0.478 e. The Kier molecular flexibility index (Phi) is 4.53. The first-order valence-corrected chi connectivity index (χ1v) is 9.02. The predicted octanol–water partition coefficient (Wildman–Crippen LogP) is 3.26. The summed E-state index contributed by atoms with van der Waals surface area (Å²) in [5, 5.41) is 14.7. The van der Waals surface area contributed by atoms with Gasteiger partial charge in [0.25, 0.3) is 5.91 Å². The highest BCUT2D eigenvalue weighted by Gasteiger charge is 2.26. The summed E-state index contributed by atoms with van der Waals surface area (Å²) in [7, 11) is 0. The second-order valence-electron chi connectivity index (χ2n) is 6.57. The summed E-state index contributed by atoms with van der Waals surface area (Å²) in [6, 6.07) is 9.11. The number of carboxylic acid groups (broad SMARTS) is 1. The first kappa shape index (κ1) is 17.5. The van der Waals surface area contributed by atoms with Crippen LogP contribution in [0, 0.1) is 0 Å². The Bertz CT molecular complexity index is 1020. The van der Waals surface area contributed by atoms with Crippen LogP contribution in [0.3, 0.4) is 0 Å². The lowest BCUT2D eigenvalue weighted by atomic mass is 10.0. The lowest BCUT2D eigenvalue weighted by molar-refractivity contribution is 0.0683. The first-order valence-electron chi connectivity index (χ1n) is 8.64. The number of pyridine rings is 1. The molecule has 1 aromatic carbocycles. The number of carboxylic acids is 1. The van der Waals surface area contributed by atoms with Crippen molar-refractivity contribution >= 4 is 34.4 Å². The second kappa shape index (κ2) is 7.00. The maximum atomic E-state index is 12.8. The summed E-state index contributed by atoms with van der Waals surface area (Å²) in [6.07, 6.45) is 4.32. The van der Waals surface area contributed by atoms with Crippen molar-refractivity contribution in [2.24, 2.45) is 0 Å². The smallest absolute Gasteiger partial charge is 0.338 e. The van der Waals surface area contributed by atoms with E-state index < -0.39 is 5.97 Å². The van der Waals surface area contributed by atoms with E-state index in [-0.39, 0.29) is 17.5 Å². The van der Waals surface area contributed by atoms with Crippen molar-refractivity contribution in [3.05, 3.63) is 59.0 Å². The fourth-order valence-corrected chi connectivity index (χ4v) is 3.52. The molecular weight excluding hydrogens is 368 g/mol. The molecule has 0 bridgehead atoms. The van der Waals surface area contributed by atoms with Crippen molar-refractivity contribution in [1.82, 2.24) is 19.7 Å². The van der Waals surface area contributed by atoms with Gasteiger partial charge < -0.3 is 10.0 Å². The van der Waals surface area contributed by atoms with Crippen molar-refractivity contribution in [1.29, 1.82) is 0 Å². The zero-order valence-corrected chi connectivity index (χ0v) is 15.1. The minimum atomic E-state index is -0.989. The summed E-state index contributed by atoms with van der Waals surface area (Å²) < 4.78 is 1.68. The number of nitrogens with zero attached hydrogens (tertiary/aromatic N) is 4. The summed E-state index contributed by atoms with van der Waals surface area (Å²) in [5.41, 5.74) is 1.27. The maximum Gasteiger partial charge on any atom is 0.338 e. The molecule has 7 nitrogen and oxygen atoms in total. The normalized spacial score (nSPS) is 15.2. The van der Waals surface area contributed by atoms with E-state index in [0.717, 1.165) is 5.39 Å². The largest absolute Gasteiger partial charge is 0.478 e. The van der Waals surface area contributed by atoms with Gasteiger partial charge in [0.1, 0.15) is 5.69 Å². The molecule has 4 rings (SSSR count). The molecule has 3 heterocycles. The monoisotopic (exact) mass is 384 g/mol. The molecule has 8 heteroatoms. The molecule has 1 fully saturated rings. The number of aromatic nitrogens is 3.